The molecule has 1 aliphatic rings. The lowest BCUT2D eigenvalue weighted by Crippen LogP contribution is -2.33. The van der Waals surface area contributed by atoms with Crippen LogP contribution in [-0.2, 0) is 11.3 Å². The van der Waals surface area contributed by atoms with Gasteiger partial charge in [0.15, 0.2) is 0 Å². The monoisotopic (exact) mass is 441 g/mol. The third-order valence-corrected chi connectivity index (χ3v) is 5.70. The van der Waals surface area contributed by atoms with E-state index in [9.17, 15) is 9.59 Å². The maximum Gasteiger partial charge on any atom is 0.255 e. The van der Waals surface area contributed by atoms with Crippen LogP contribution in [0.3, 0.4) is 0 Å². The van der Waals surface area contributed by atoms with E-state index in [0.29, 0.717) is 41.9 Å². The van der Waals surface area contributed by atoms with E-state index in [1.165, 1.54) is 0 Å². The van der Waals surface area contributed by atoms with Crippen LogP contribution in [0.4, 0.5) is 11.4 Å². The van der Waals surface area contributed by atoms with Crippen molar-refractivity contribution < 1.29 is 9.59 Å². The summed E-state index contributed by atoms with van der Waals surface area (Å²) in [6.45, 7) is 5.22. The van der Waals surface area contributed by atoms with Gasteiger partial charge in [0.1, 0.15) is 0 Å². The maximum atomic E-state index is 13.4. The third kappa shape index (κ3) is 6.47. The summed E-state index contributed by atoms with van der Waals surface area (Å²) in [5, 5.41) is 3.46. The van der Waals surface area contributed by atoms with Crippen LogP contribution >= 0.6 is 11.6 Å². The summed E-state index contributed by atoms with van der Waals surface area (Å²) in [4.78, 5) is 29.5. The molecule has 6 heteroatoms. The SMILES string of the molecule is CC(C)CC(=O)Nc1ccc(N(C)C)c(CN(CC2CC2)C(=O)c2ccccc2Cl)c1. The number of carbonyl (C=O) groups is 2. The molecule has 0 unspecified atom stereocenters. The van der Waals surface area contributed by atoms with Gasteiger partial charge >= 0.3 is 0 Å². The topological polar surface area (TPSA) is 52.7 Å². The summed E-state index contributed by atoms with van der Waals surface area (Å²) < 4.78 is 0. The average molecular weight is 442 g/mol. The van der Waals surface area contributed by atoms with Crippen LogP contribution in [0.2, 0.25) is 5.02 Å². The summed E-state index contributed by atoms with van der Waals surface area (Å²) >= 11 is 6.32. The van der Waals surface area contributed by atoms with Crippen molar-refractivity contribution in [2.24, 2.45) is 11.8 Å². The molecule has 0 spiro atoms. The molecular formula is C25H32ClN3O2. The Kier molecular flexibility index (Phi) is 7.60. The van der Waals surface area contributed by atoms with Crippen molar-refractivity contribution in [3.8, 4) is 0 Å². The Bertz CT molecular complexity index is 938. The molecule has 0 heterocycles. The summed E-state index contributed by atoms with van der Waals surface area (Å²) in [7, 11) is 3.97. The minimum absolute atomic E-state index is 0.000494. The van der Waals surface area contributed by atoms with E-state index >= 15 is 0 Å². The fourth-order valence-electron chi connectivity index (χ4n) is 3.65. The number of nitrogens with one attached hydrogen (secondary N) is 1. The van der Waals surface area contributed by atoms with Crippen molar-refractivity contribution in [2.75, 3.05) is 30.9 Å². The van der Waals surface area contributed by atoms with Crippen LogP contribution in [0.15, 0.2) is 42.5 Å². The first-order valence-corrected chi connectivity index (χ1v) is 11.3. The Morgan fingerprint density at radius 3 is 2.45 bits per heavy atom. The number of carbonyl (C=O) groups excluding carboxylic acids is 2. The molecular weight excluding hydrogens is 410 g/mol. The van der Waals surface area contributed by atoms with E-state index in [1.54, 1.807) is 12.1 Å². The van der Waals surface area contributed by atoms with Crippen molar-refractivity contribution in [1.82, 2.24) is 4.90 Å². The Morgan fingerprint density at radius 2 is 1.84 bits per heavy atom. The second-order valence-electron chi connectivity index (χ2n) is 8.99. The van der Waals surface area contributed by atoms with E-state index in [0.717, 1.165) is 29.8 Å². The van der Waals surface area contributed by atoms with Gasteiger partial charge in [0.2, 0.25) is 5.91 Å². The second kappa shape index (κ2) is 10.2. The van der Waals surface area contributed by atoms with Crippen molar-refractivity contribution in [3.05, 3.63) is 58.6 Å². The summed E-state index contributed by atoms with van der Waals surface area (Å²) in [5.41, 5.74) is 3.29. The van der Waals surface area contributed by atoms with Crippen molar-refractivity contribution in [3.63, 3.8) is 0 Å². The van der Waals surface area contributed by atoms with Crippen LogP contribution in [0.5, 0.6) is 0 Å². The highest BCUT2D eigenvalue weighted by atomic mass is 35.5. The predicted octanol–water partition coefficient (Wildman–Crippen LogP) is 5.44. The molecule has 0 aromatic heterocycles. The van der Waals surface area contributed by atoms with E-state index in [1.807, 2.05) is 68.1 Å². The van der Waals surface area contributed by atoms with Crippen molar-refractivity contribution in [2.45, 2.75) is 39.7 Å². The minimum atomic E-state index is -0.0588. The molecule has 0 bridgehead atoms. The van der Waals surface area contributed by atoms with Gasteiger partial charge in [-0.15, -0.1) is 0 Å². The molecule has 1 saturated carbocycles. The lowest BCUT2D eigenvalue weighted by atomic mass is 10.1. The molecule has 0 atom stereocenters. The largest absolute Gasteiger partial charge is 0.377 e. The zero-order chi connectivity index (χ0) is 22.5. The van der Waals surface area contributed by atoms with Gasteiger partial charge in [-0.3, -0.25) is 9.59 Å². The second-order valence-corrected chi connectivity index (χ2v) is 9.40. The Morgan fingerprint density at radius 1 is 1.13 bits per heavy atom. The smallest absolute Gasteiger partial charge is 0.255 e. The molecule has 31 heavy (non-hydrogen) atoms. The number of hydrogen-bond acceptors (Lipinski definition) is 3. The maximum absolute atomic E-state index is 13.4. The highest BCUT2D eigenvalue weighted by molar-refractivity contribution is 6.33. The average Bonchev–Trinajstić information content (AvgIpc) is 3.50. The quantitative estimate of drug-likeness (QED) is 0.563. The first-order valence-electron chi connectivity index (χ1n) is 10.9. The van der Waals surface area contributed by atoms with Crippen LogP contribution in [-0.4, -0.2) is 37.4 Å². The molecule has 2 aromatic carbocycles. The number of rotatable bonds is 9. The van der Waals surface area contributed by atoms with Crippen LogP contribution in [0.1, 0.15) is 49.0 Å². The zero-order valence-corrected chi connectivity index (χ0v) is 19.6. The van der Waals surface area contributed by atoms with Gasteiger partial charge in [0.05, 0.1) is 10.6 Å². The molecule has 2 aromatic rings. The number of hydrogen-bond donors (Lipinski definition) is 1. The lowest BCUT2D eigenvalue weighted by molar-refractivity contribution is -0.116. The number of amides is 2. The van der Waals surface area contributed by atoms with Gasteiger partial charge in [0.25, 0.3) is 5.91 Å². The van der Waals surface area contributed by atoms with Crippen LogP contribution in [0, 0.1) is 11.8 Å². The Balaban J connectivity index is 1.88. The molecule has 5 nitrogen and oxygen atoms in total. The number of anilines is 2. The predicted molar refractivity (Wildman–Crippen MR) is 128 cm³/mol. The molecule has 1 N–H and O–H groups in total. The number of halogens is 1. The molecule has 0 radical (unpaired) electrons. The standard InChI is InChI=1S/C25H32ClN3O2/c1-17(2)13-24(30)27-20-11-12-23(28(3)4)19(14-20)16-29(15-18-9-10-18)25(31)21-7-5-6-8-22(21)26/h5-8,11-12,14,17-18H,9-10,13,15-16H2,1-4H3,(H,27,30). The van der Waals surface area contributed by atoms with Gasteiger partial charge in [-0.05, 0) is 60.6 Å². The summed E-state index contributed by atoms with van der Waals surface area (Å²) in [6, 6.07) is 13.1. The van der Waals surface area contributed by atoms with Crippen molar-refractivity contribution >= 4 is 34.8 Å². The molecule has 2 amide bonds. The zero-order valence-electron chi connectivity index (χ0n) is 18.8. The lowest BCUT2D eigenvalue weighted by Gasteiger charge is -2.27. The Labute approximate surface area is 190 Å². The van der Waals surface area contributed by atoms with Gasteiger partial charge in [-0.25, -0.2) is 0 Å². The molecule has 1 aliphatic carbocycles. The summed E-state index contributed by atoms with van der Waals surface area (Å²) in [6.07, 6.45) is 2.78. The third-order valence-electron chi connectivity index (χ3n) is 5.37. The molecule has 1 fully saturated rings. The van der Waals surface area contributed by atoms with Crippen LogP contribution < -0.4 is 10.2 Å². The normalized spacial score (nSPS) is 13.2. The fraction of sp³-hybridized carbons (Fsp3) is 0.440. The minimum Gasteiger partial charge on any atom is -0.377 e. The highest BCUT2D eigenvalue weighted by Gasteiger charge is 2.28. The molecule has 166 valence electrons. The van der Waals surface area contributed by atoms with Gasteiger partial charge < -0.3 is 15.1 Å². The van der Waals surface area contributed by atoms with Gasteiger partial charge in [-0.1, -0.05) is 37.6 Å². The van der Waals surface area contributed by atoms with Crippen molar-refractivity contribution in [1.29, 1.82) is 0 Å². The first-order chi connectivity index (χ1) is 14.7. The molecule has 0 saturated heterocycles. The number of nitrogens with zero attached hydrogens (tertiary/aromatic N) is 2. The highest BCUT2D eigenvalue weighted by Crippen LogP contribution is 2.33. The van der Waals surface area contributed by atoms with E-state index < -0.39 is 0 Å². The number of benzene rings is 2. The van der Waals surface area contributed by atoms with E-state index in [-0.39, 0.29) is 11.8 Å². The molecule has 0 aliphatic heterocycles. The molecule has 3 rings (SSSR count). The summed E-state index contributed by atoms with van der Waals surface area (Å²) in [5.74, 6) is 0.781. The van der Waals surface area contributed by atoms with Gasteiger partial charge in [-0.2, -0.15) is 0 Å². The Hall–Kier alpha value is -2.53. The van der Waals surface area contributed by atoms with Crippen LogP contribution in [0.25, 0.3) is 0 Å². The first kappa shape index (κ1) is 23.1. The fourth-order valence-corrected chi connectivity index (χ4v) is 3.87. The van der Waals surface area contributed by atoms with E-state index in [2.05, 4.69) is 5.32 Å². The van der Waals surface area contributed by atoms with Gasteiger partial charge in [0, 0.05) is 45.0 Å². The van der Waals surface area contributed by atoms with E-state index in [4.69, 9.17) is 11.6 Å².